The molecule has 0 saturated carbocycles. The average molecular weight is 225 g/mol. The molecule has 1 aromatic rings. The molecule has 72 valence electrons. The van der Waals surface area contributed by atoms with Gasteiger partial charge in [-0.2, -0.15) is 9.37 Å². The minimum Gasteiger partial charge on any atom is -0.222 e. The second-order valence-electron chi connectivity index (χ2n) is 2.47. The van der Waals surface area contributed by atoms with Gasteiger partial charge in [-0.05, 0) is 6.92 Å². The third-order valence-electron chi connectivity index (χ3n) is 1.29. The van der Waals surface area contributed by atoms with E-state index in [1.54, 1.807) is 0 Å². The first-order valence-electron chi connectivity index (χ1n) is 3.22. The van der Waals surface area contributed by atoms with Crippen LogP contribution in [-0.2, 0) is 9.84 Å². The van der Waals surface area contributed by atoms with Crippen molar-refractivity contribution >= 4 is 21.4 Å². The summed E-state index contributed by atoms with van der Waals surface area (Å²) < 4.78 is 34.7. The van der Waals surface area contributed by atoms with Crippen LogP contribution >= 0.6 is 11.6 Å². The highest BCUT2D eigenvalue weighted by Crippen LogP contribution is 2.17. The lowest BCUT2D eigenvalue weighted by atomic mass is 10.4. The fourth-order valence-corrected chi connectivity index (χ4v) is 1.30. The Kier molecular flexibility index (Phi) is 2.53. The van der Waals surface area contributed by atoms with E-state index in [2.05, 4.69) is 9.97 Å². The van der Waals surface area contributed by atoms with Crippen LogP contribution in [0.2, 0.25) is 5.02 Å². The molecular weight excluding hydrogens is 219 g/mol. The zero-order valence-electron chi connectivity index (χ0n) is 6.88. The molecule has 0 aliphatic carbocycles. The maximum Gasteiger partial charge on any atom is 0.249 e. The maximum absolute atomic E-state index is 12.8. The van der Waals surface area contributed by atoms with E-state index in [1.807, 2.05) is 0 Å². The van der Waals surface area contributed by atoms with Crippen molar-refractivity contribution in [2.75, 3.05) is 6.26 Å². The van der Waals surface area contributed by atoms with Gasteiger partial charge in [0, 0.05) is 6.26 Å². The van der Waals surface area contributed by atoms with Crippen molar-refractivity contribution in [2.45, 2.75) is 12.1 Å². The third kappa shape index (κ3) is 2.13. The molecular formula is C6H6ClFN2O2S. The summed E-state index contributed by atoms with van der Waals surface area (Å²) in [6.07, 6.45) is 0.898. The molecule has 0 aliphatic heterocycles. The summed E-state index contributed by atoms with van der Waals surface area (Å²) in [6.45, 7) is 1.40. The van der Waals surface area contributed by atoms with E-state index in [4.69, 9.17) is 11.6 Å². The van der Waals surface area contributed by atoms with Crippen LogP contribution in [-0.4, -0.2) is 24.6 Å². The van der Waals surface area contributed by atoms with Gasteiger partial charge < -0.3 is 0 Å². The minimum atomic E-state index is -3.59. The van der Waals surface area contributed by atoms with Crippen molar-refractivity contribution in [2.24, 2.45) is 0 Å². The first kappa shape index (κ1) is 10.3. The van der Waals surface area contributed by atoms with Gasteiger partial charge >= 0.3 is 0 Å². The molecule has 0 amide bonds. The Morgan fingerprint density at radius 3 is 2.31 bits per heavy atom. The van der Waals surface area contributed by atoms with E-state index in [0.29, 0.717) is 0 Å². The number of aromatic nitrogens is 2. The highest BCUT2D eigenvalue weighted by molar-refractivity contribution is 7.90. The van der Waals surface area contributed by atoms with E-state index < -0.39 is 20.9 Å². The molecule has 4 nitrogen and oxygen atoms in total. The third-order valence-corrected chi connectivity index (χ3v) is 2.56. The Morgan fingerprint density at radius 1 is 1.38 bits per heavy atom. The number of rotatable bonds is 1. The topological polar surface area (TPSA) is 59.9 Å². The molecule has 0 unspecified atom stereocenters. The van der Waals surface area contributed by atoms with E-state index in [-0.39, 0.29) is 10.7 Å². The van der Waals surface area contributed by atoms with E-state index in [9.17, 15) is 12.8 Å². The van der Waals surface area contributed by atoms with E-state index >= 15 is 0 Å². The van der Waals surface area contributed by atoms with Gasteiger partial charge in [-0.1, -0.05) is 11.6 Å². The summed E-state index contributed by atoms with van der Waals surface area (Å²) in [5.41, 5.74) is 0.106. The number of nitrogens with zero attached hydrogens (tertiary/aromatic N) is 2. The van der Waals surface area contributed by atoms with Crippen LogP contribution in [0.3, 0.4) is 0 Å². The van der Waals surface area contributed by atoms with Crippen molar-refractivity contribution in [3.8, 4) is 0 Å². The number of hydrogen-bond acceptors (Lipinski definition) is 4. The van der Waals surface area contributed by atoms with E-state index in [1.165, 1.54) is 6.92 Å². The summed E-state index contributed by atoms with van der Waals surface area (Å²) >= 11 is 5.40. The second kappa shape index (κ2) is 3.19. The molecule has 0 aliphatic rings. The summed E-state index contributed by atoms with van der Waals surface area (Å²) in [7, 11) is -3.59. The SMILES string of the molecule is Cc1nc(S(C)(=O)=O)nc(F)c1Cl. The Balaban J connectivity index is 3.47. The molecule has 1 heterocycles. The normalized spacial score (nSPS) is 11.7. The molecule has 1 aromatic heterocycles. The first-order valence-corrected chi connectivity index (χ1v) is 5.49. The first-order chi connectivity index (χ1) is 5.82. The van der Waals surface area contributed by atoms with Gasteiger partial charge in [-0.3, -0.25) is 0 Å². The van der Waals surface area contributed by atoms with Crippen LogP contribution in [0.4, 0.5) is 4.39 Å². The Labute approximate surface area is 79.7 Å². The van der Waals surface area contributed by atoms with Crippen molar-refractivity contribution in [1.29, 1.82) is 0 Å². The van der Waals surface area contributed by atoms with Crippen LogP contribution in [0.5, 0.6) is 0 Å². The lowest BCUT2D eigenvalue weighted by Gasteiger charge is -2.00. The lowest BCUT2D eigenvalue weighted by molar-refractivity contribution is 0.544. The molecule has 0 saturated heterocycles. The van der Waals surface area contributed by atoms with Crippen LogP contribution in [0.25, 0.3) is 0 Å². The van der Waals surface area contributed by atoms with Gasteiger partial charge in [-0.15, -0.1) is 0 Å². The van der Waals surface area contributed by atoms with Crippen molar-refractivity contribution in [3.05, 3.63) is 16.7 Å². The van der Waals surface area contributed by atoms with Gasteiger partial charge in [-0.25, -0.2) is 13.4 Å². The fourth-order valence-electron chi connectivity index (χ4n) is 0.666. The smallest absolute Gasteiger partial charge is 0.222 e. The predicted molar refractivity (Wildman–Crippen MR) is 44.8 cm³/mol. The summed E-state index contributed by atoms with van der Waals surface area (Å²) in [4.78, 5) is 6.64. The van der Waals surface area contributed by atoms with Crippen LogP contribution in [0, 0.1) is 12.9 Å². The summed E-state index contributed by atoms with van der Waals surface area (Å²) in [5.74, 6) is -1.02. The molecule has 0 bridgehead atoms. The summed E-state index contributed by atoms with van der Waals surface area (Å²) in [6, 6.07) is 0. The quantitative estimate of drug-likeness (QED) is 0.527. The number of hydrogen-bond donors (Lipinski definition) is 0. The van der Waals surface area contributed by atoms with Gasteiger partial charge in [0.1, 0.15) is 5.02 Å². The minimum absolute atomic E-state index is 0.106. The largest absolute Gasteiger partial charge is 0.249 e. The molecule has 13 heavy (non-hydrogen) atoms. The number of sulfone groups is 1. The highest BCUT2D eigenvalue weighted by atomic mass is 35.5. The fraction of sp³-hybridized carbons (Fsp3) is 0.333. The van der Waals surface area contributed by atoms with Crippen molar-refractivity contribution in [1.82, 2.24) is 9.97 Å². The predicted octanol–water partition coefficient (Wildman–Crippen LogP) is 0.981. The van der Waals surface area contributed by atoms with Crippen LogP contribution in [0.1, 0.15) is 5.69 Å². The molecule has 0 fully saturated rings. The van der Waals surface area contributed by atoms with Gasteiger partial charge in [0.05, 0.1) is 5.69 Å². The molecule has 0 aromatic carbocycles. The average Bonchev–Trinajstić information content (AvgIpc) is 1.97. The number of halogens is 2. The van der Waals surface area contributed by atoms with E-state index in [0.717, 1.165) is 6.26 Å². The van der Waals surface area contributed by atoms with Gasteiger partial charge in [0.2, 0.25) is 20.9 Å². The Bertz CT molecular complexity index is 423. The molecule has 0 spiro atoms. The Morgan fingerprint density at radius 2 is 1.92 bits per heavy atom. The molecule has 0 radical (unpaired) electrons. The molecule has 0 N–H and O–H groups in total. The van der Waals surface area contributed by atoms with Gasteiger partial charge in [0.25, 0.3) is 0 Å². The summed E-state index contributed by atoms with van der Waals surface area (Å²) in [5, 5.41) is -0.806. The molecule has 7 heteroatoms. The van der Waals surface area contributed by atoms with Gasteiger partial charge in [0.15, 0.2) is 0 Å². The highest BCUT2D eigenvalue weighted by Gasteiger charge is 2.16. The zero-order valence-corrected chi connectivity index (χ0v) is 8.45. The molecule has 0 atom stereocenters. The monoisotopic (exact) mass is 224 g/mol. The zero-order chi connectivity index (χ0) is 10.2. The maximum atomic E-state index is 12.8. The Hall–Kier alpha value is -0.750. The van der Waals surface area contributed by atoms with Crippen LogP contribution in [0.15, 0.2) is 5.16 Å². The standard InChI is InChI=1S/C6H6ClFN2O2S/c1-3-4(7)5(8)10-6(9-3)13(2,11)12/h1-2H3. The van der Waals surface area contributed by atoms with Crippen LogP contribution < -0.4 is 0 Å². The second-order valence-corrected chi connectivity index (χ2v) is 4.76. The van der Waals surface area contributed by atoms with Crippen molar-refractivity contribution < 1.29 is 12.8 Å². The lowest BCUT2D eigenvalue weighted by Crippen LogP contribution is -2.07. The number of aryl methyl sites for hydroxylation is 1. The van der Waals surface area contributed by atoms with Crippen molar-refractivity contribution in [3.63, 3.8) is 0 Å². The molecule has 1 rings (SSSR count).